The van der Waals surface area contributed by atoms with E-state index in [1.165, 1.54) is 0 Å². The van der Waals surface area contributed by atoms with E-state index in [0.29, 0.717) is 34.6 Å². The predicted molar refractivity (Wildman–Crippen MR) is 118 cm³/mol. The molecule has 1 saturated heterocycles. The maximum Gasteiger partial charge on any atom is 0.243 e. The zero-order chi connectivity index (χ0) is 21.6. The van der Waals surface area contributed by atoms with E-state index in [2.05, 4.69) is 31.9 Å². The van der Waals surface area contributed by atoms with E-state index in [1.54, 1.807) is 29.3 Å². The van der Waals surface area contributed by atoms with E-state index < -0.39 is 0 Å². The Kier molecular flexibility index (Phi) is 4.86. The summed E-state index contributed by atoms with van der Waals surface area (Å²) in [7, 11) is 1.84. The minimum absolute atomic E-state index is 0.108. The van der Waals surface area contributed by atoms with Crippen LogP contribution in [0.5, 0.6) is 5.75 Å². The van der Waals surface area contributed by atoms with Gasteiger partial charge in [-0.25, -0.2) is 15.0 Å². The highest BCUT2D eigenvalue weighted by atomic mass is 35.5. The number of halogens is 1. The number of fused-ring (bicyclic) bond motifs is 1. The van der Waals surface area contributed by atoms with Gasteiger partial charge in [-0.2, -0.15) is 5.10 Å². The van der Waals surface area contributed by atoms with Gasteiger partial charge >= 0.3 is 0 Å². The van der Waals surface area contributed by atoms with Crippen LogP contribution >= 0.6 is 11.6 Å². The Morgan fingerprint density at radius 3 is 2.71 bits per heavy atom. The van der Waals surface area contributed by atoms with Gasteiger partial charge in [-0.15, -0.1) is 0 Å². The lowest BCUT2D eigenvalue weighted by Crippen LogP contribution is -2.48. The first-order valence-electron chi connectivity index (χ1n) is 10.2. The van der Waals surface area contributed by atoms with Crippen molar-refractivity contribution in [2.75, 3.05) is 18.0 Å². The van der Waals surface area contributed by atoms with E-state index in [1.807, 2.05) is 13.2 Å². The Hall–Kier alpha value is -3.04. The highest BCUT2D eigenvalue weighted by Gasteiger charge is 2.29. The molecule has 160 valence electrons. The molecule has 0 atom stereocenters. The van der Waals surface area contributed by atoms with Crippen molar-refractivity contribution in [1.82, 2.24) is 24.7 Å². The van der Waals surface area contributed by atoms with E-state index in [-0.39, 0.29) is 5.54 Å². The van der Waals surface area contributed by atoms with Crippen LogP contribution in [0.15, 0.2) is 35.8 Å². The number of hydrogen-bond acceptors (Lipinski definition) is 8. The molecule has 9 nitrogen and oxygen atoms in total. The summed E-state index contributed by atoms with van der Waals surface area (Å²) in [5, 5.41) is 4.57. The Morgan fingerprint density at radius 1 is 1.16 bits per heavy atom. The van der Waals surface area contributed by atoms with E-state index >= 15 is 0 Å². The van der Waals surface area contributed by atoms with Gasteiger partial charge in [-0.1, -0.05) is 11.6 Å². The number of anilines is 1. The van der Waals surface area contributed by atoms with Gasteiger partial charge in [0.2, 0.25) is 5.90 Å². The summed E-state index contributed by atoms with van der Waals surface area (Å²) >= 11 is 6.58. The molecule has 0 amide bonds. The Balaban J connectivity index is 1.35. The normalized spacial score (nSPS) is 17.4. The average molecular weight is 439 g/mol. The van der Waals surface area contributed by atoms with Gasteiger partial charge in [0.05, 0.1) is 30.3 Å². The summed E-state index contributed by atoms with van der Waals surface area (Å²) in [4.78, 5) is 20.5. The van der Waals surface area contributed by atoms with E-state index in [0.717, 1.165) is 43.0 Å². The summed E-state index contributed by atoms with van der Waals surface area (Å²) in [5.74, 6) is 1.73. The number of aliphatic imine (C=N–C) groups is 1. The lowest BCUT2D eigenvalue weighted by Gasteiger charge is -2.37. The fourth-order valence-corrected chi connectivity index (χ4v) is 4.02. The van der Waals surface area contributed by atoms with Crippen LogP contribution in [0.1, 0.15) is 31.2 Å². The molecule has 0 saturated carbocycles. The molecule has 3 aromatic heterocycles. The van der Waals surface area contributed by atoms with Crippen LogP contribution in [0, 0.1) is 0 Å². The first-order chi connectivity index (χ1) is 14.9. The molecule has 3 aromatic rings. The molecule has 5 heterocycles. The smallest absolute Gasteiger partial charge is 0.243 e. The standard InChI is InChI=1S/C21H23ClN8O/c1-21(23)4-7-30(8-5-21)16-11-25-19-14(28-16)10-26-20(19)31-15-3-6-24-18(17(15)22)13-9-27-29(2)12-13/h3,6,9,11-12H,4-5,7-8,10,23H2,1-2H3. The van der Waals surface area contributed by atoms with Crippen molar-refractivity contribution in [3.05, 3.63) is 47.3 Å². The van der Waals surface area contributed by atoms with Crippen molar-refractivity contribution >= 4 is 23.3 Å². The number of aryl methyl sites for hydroxylation is 1. The lowest BCUT2D eigenvalue weighted by atomic mass is 9.91. The zero-order valence-corrected chi connectivity index (χ0v) is 18.2. The summed E-state index contributed by atoms with van der Waals surface area (Å²) in [6, 6.07) is 1.71. The number of ether oxygens (including phenoxy) is 1. The molecule has 2 aliphatic rings. The zero-order valence-electron chi connectivity index (χ0n) is 17.4. The molecule has 5 rings (SSSR count). The van der Waals surface area contributed by atoms with Crippen LogP contribution in [-0.2, 0) is 13.6 Å². The largest absolute Gasteiger partial charge is 0.435 e. The summed E-state index contributed by atoms with van der Waals surface area (Å²) < 4.78 is 7.73. The van der Waals surface area contributed by atoms with Gasteiger partial charge in [0.25, 0.3) is 0 Å². The molecule has 0 bridgehead atoms. The number of nitrogens with two attached hydrogens (primary N) is 1. The number of pyridine rings is 1. The molecule has 0 radical (unpaired) electrons. The molecule has 0 aliphatic carbocycles. The number of piperidine rings is 1. The van der Waals surface area contributed by atoms with Crippen molar-refractivity contribution in [3.63, 3.8) is 0 Å². The van der Waals surface area contributed by atoms with E-state index in [9.17, 15) is 0 Å². The maximum atomic E-state index is 6.58. The maximum absolute atomic E-state index is 6.58. The Labute approximate surface area is 184 Å². The van der Waals surface area contributed by atoms with Crippen LogP contribution in [0.4, 0.5) is 5.82 Å². The quantitative estimate of drug-likeness (QED) is 0.669. The lowest BCUT2D eigenvalue weighted by molar-refractivity contribution is 0.363. The highest BCUT2D eigenvalue weighted by Crippen LogP contribution is 2.34. The minimum atomic E-state index is -0.108. The van der Waals surface area contributed by atoms with Gasteiger partial charge in [-0.05, 0) is 19.8 Å². The SMILES string of the molecule is Cn1cc(-c2nccc(OC3=NCc4nc(N5CCC(C)(N)CC5)cnc43)c2Cl)cn1. The Morgan fingerprint density at radius 2 is 1.97 bits per heavy atom. The number of rotatable bonds is 3. The highest BCUT2D eigenvalue weighted by molar-refractivity contribution is 6.34. The van der Waals surface area contributed by atoms with Gasteiger partial charge in [0, 0.05) is 49.7 Å². The first kappa shape index (κ1) is 19.9. The van der Waals surface area contributed by atoms with Crippen molar-refractivity contribution in [3.8, 4) is 17.0 Å². The molecular weight excluding hydrogens is 416 g/mol. The molecule has 31 heavy (non-hydrogen) atoms. The Bertz CT molecular complexity index is 1160. The van der Waals surface area contributed by atoms with Crippen LogP contribution < -0.4 is 15.4 Å². The molecule has 0 aromatic carbocycles. The molecule has 0 spiro atoms. The molecule has 10 heteroatoms. The van der Waals surface area contributed by atoms with Gasteiger partial charge in [0.1, 0.15) is 16.5 Å². The fourth-order valence-electron chi connectivity index (χ4n) is 3.76. The summed E-state index contributed by atoms with van der Waals surface area (Å²) in [5.41, 5.74) is 8.98. The summed E-state index contributed by atoms with van der Waals surface area (Å²) in [6.45, 7) is 4.26. The van der Waals surface area contributed by atoms with Crippen LogP contribution in [0.2, 0.25) is 5.02 Å². The topological polar surface area (TPSA) is 107 Å². The fraction of sp³-hybridized carbons (Fsp3) is 0.381. The molecule has 2 N–H and O–H groups in total. The van der Waals surface area contributed by atoms with Gasteiger partial charge in [0.15, 0.2) is 5.75 Å². The van der Waals surface area contributed by atoms with Gasteiger partial charge in [-0.3, -0.25) is 9.67 Å². The van der Waals surface area contributed by atoms with Crippen molar-refractivity contribution in [1.29, 1.82) is 0 Å². The average Bonchev–Trinajstić information content (AvgIpc) is 3.35. The van der Waals surface area contributed by atoms with Crippen LogP contribution in [0.25, 0.3) is 11.3 Å². The minimum Gasteiger partial charge on any atom is -0.435 e. The second-order valence-corrected chi connectivity index (χ2v) is 8.64. The van der Waals surface area contributed by atoms with Crippen molar-refractivity contribution < 1.29 is 4.74 Å². The van der Waals surface area contributed by atoms with Crippen LogP contribution in [0.3, 0.4) is 0 Å². The second kappa shape index (κ2) is 7.58. The molecule has 2 aliphatic heterocycles. The number of aromatic nitrogens is 5. The predicted octanol–water partition coefficient (Wildman–Crippen LogP) is 2.58. The number of nitrogens with zero attached hydrogens (tertiary/aromatic N) is 7. The molecule has 0 unspecified atom stereocenters. The van der Waals surface area contributed by atoms with Crippen LogP contribution in [-0.4, -0.2) is 49.3 Å². The first-order valence-corrected chi connectivity index (χ1v) is 10.5. The second-order valence-electron chi connectivity index (χ2n) is 8.26. The van der Waals surface area contributed by atoms with Crippen molar-refractivity contribution in [2.45, 2.75) is 31.8 Å². The third-order valence-electron chi connectivity index (χ3n) is 5.68. The monoisotopic (exact) mass is 438 g/mol. The molecular formula is C21H23ClN8O. The third kappa shape index (κ3) is 3.86. The third-order valence-corrected chi connectivity index (χ3v) is 6.04. The number of hydrogen-bond donors (Lipinski definition) is 1. The van der Waals surface area contributed by atoms with Crippen molar-refractivity contribution in [2.24, 2.45) is 17.8 Å². The van der Waals surface area contributed by atoms with Gasteiger partial charge < -0.3 is 15.4 Å². The van der Waals surface area contributed by atoms with E-state index in [4.69, 9.17) is 27.1 Å². The summed E-state index contributed by atoms with van der Waals surface area (Å²) in [6.07, 6.45) is 8.84. The molecule has 1 fully saturated rings.